The summed E-state index contributed by atoms with van der Waals surface area (Å²) in [5.74, 6) is 2.33. The Balaban J connectivity index is 0.00000480. The molecule has 4 aliphatic rings. The van der Waals surface area contributed by atoms with Crippen LogP contribution in [-0.4, -0.2) is 0 Å². The van der Waals surface area contributed by atoms with Crippen molar-refractivity contribution in [2.24, 2.45) is 17.8 Å². The summed E-state index contributed by atoms with van der Waals surface area (Å²) in [6.45, 7) is 32.9. The van der Waals surface area contributed by atoms with Crippen molar-refractivity contribution in [3.8, 4) is 22.3 Å². The Morgan fingerprint density at radius 3 is 1.09 bits per heavy atom. The molecule has 1 heteroatoms. The number of rotatable bonds is 7. The van der Waals surface area contributed by atoms with E-state index in [2.05, 4.69) is 181 Å². The van der Waals surface area contributed by atoms with Crippen LogP contribution in [0.3, 0.4) is 0 Å². The molecule has 0 nitrogen and oxygen atoms in total. The second-order valence-electron chi connectivity index (χ2n) is 21.8. The quantitative estimate of drug-likeness (QED) is 0.163. The SMILES string of the molecule is C=CC(C1C(C2CC2)=Cc2c(-c3cc(C(C)(C)C)cc(C(C)(C)C)c3)cccc21)C1C(C2CC2)=Cc2c(-c3cc(C(C)(C)C)cc(C(C)(C)C)c3)cccc21.[Zr]. The fourth-order valence-electron chi connectivity index (χ4n) is 9.61. The minimum absolute atomic E-state index is 0. The number of hydrogen-bond acceptors (Lipinski definition) is 0. The van der Waals surface area contributed by atoms with E-state index in [1.807, 2.05) is 0 Å². The molecule has 0 heterocycles. The fraction of sp³-hybridized carbons (Fsp3) is 0.455. The van der Waals surface area contributed by atoms with Crippen LogP contribution in [0.25, 0.3) is 34.4 Å². The van der Waals surface area contributed by atoms with E-state index >= 15 is 0 Å². The van der Waals surface area contributed by atoms with Gasteiger partial charge >= 0.3 is 0 Å². The summed E-state index contributed by atoms with van der Waals surface area (Å²) in [5.41, 5.74) is 20.7. The Hall–Kier alpha value is -3.02. The van der Waals surface area contributed by atoms with Gasteiger partial charge in [0.25, 0.3) is 0 Å². The van der Waals surface area contributed by atoms with Gasteiger partial charge in [-0.2, -0.15) is 0 Å². The van der Waals surface area contributed by atoms with Crippen LogP contribution in [0.4, 0.5) is 0 Å². The predicted molar refractivity (Wildman–Crippen MR) is 239 cm³/mol. The molecular formula is C55H66Zr. The van der Waals surface area contributed by atoms with Crippen LogP contribution in [0.5, 0.6) is 0 Å². The van der Waals surface area contributed by atoms with Gasteiger partial charge in [0.15, 0.2) is 0 Å². The van der Waals surface area contributed by atoms with E-state index < -0.39 is 0 Å². The van der Waals surface area contributed by atoms with Gasteiger partial charge in [-0.1, -0.05) is 185 Å². The van der Waals surface area contributed by atoms with Gasteiger partial charge in [0, 0.05) is 38.0 Å². The van der Waals surface area contributed by atoms with E-state index in [-0.39, 0.29) is 47.9 Å². The normalized spacial score (nSPS) is 20.1. The van der Waals surface area contributed by atoms with Crippen molar-refractivity contribution >= 4 is 12.2 Å². The van der Waals surface area contributed by atoms with Crippen molar-refractivity contribution in [1.29, 1.82) is 0 Å². The van der Waals surface area contributed by atoms with E-state index in [0.29, 0.717) is 29.6 Å². The molecule has 0 N–H and O–H groups in total. The molecule has 0 amide bonds. The molecule has 290 valence electrons. The van der Waals surface area contributed by atoms with E-state index in [9.17, 15) is 0 Å². The summed E-state index contributed by atoms with van der Waals surface area (Å²) >= 11 is 0. The van der Waals surface area contributed by atoms with Gasteiger partial charge < -0.3 is 0 Å². The van der Waals surface area contributed by atoms with Gasteiger partial charge in [-0.3, -0.25) is 0 Å². The van der Waals surface area contributed by atoms with Gasteiger partial charge in [-0.15, -0.1) is 6.58 Å². The Labute approximate surface area is 359 Å². The van der Waals surface area contributed by atoms with Crippen molar-refractivity contribution in [2.45, 2.75) is 142 Å². The van der Waals surface area contributed by atoms with E-state index in [1.54, 1.807) is 11.1 Å². The van der Waals surface area contributed by atoms with Crippen molar-refractivity contribution in [3.05, 3.63) is 141 Å². The molecular weight excluding hydrogens is 752 g/mol. The molecule has 0 saturated heterocycles. The molecule has 0 bridgehead atoms. The summed E-state index contributed by atoms with van der Waals surface area (Å²) in [5, 5.41) is 0. The molecule has 0 spiro atoms. The Bertz CT molecular complexity index is 2010. The second kappa shape index (κ2) is 14.4. The minimum atomic E-state index is 0. The Morgan fingerprint density at radius 2 is 0.821 bits per heavy atom. The maximum Gasteiger partial charge on any atom is 0.0132 e. The molecule has 0 aromatic heterocycles. The largest absolute Gasteiger partial charge is 0.103 e. The zero-order valence-corrected chi connectivity index (χ0v) is 39.0. The zero-order valence-electron chi connectivity index (χ0n) is 36.6. The maximum absolute atomic E-state index is 4.69. The number of allylic oxidation sites excluding steroid dienone is 3. The predicted octanol–water partition coefficient (Wildman–Crippen LogP) is 15.5. The van der Waals surface area contributed by atoms with Crippen molar-refractivity contribution in [3.63, 3.8) is 0 Å². The third-order valence-electron chi connectivity index (χ3n) is 13.4. The standard InChI is InChI=1S/C55H66.Zr/c1-14-41(50-44-19-15-17-42(48(44)31-46(50)33-21-22-33)35-25-37(52(2,3)4)29-38(26-35)53(5,6)7)51-45-20-16-18-43(49(45)32-47(51)34-23-24-34)36-27-39(54(8,9)10)30-40(28-36)55(11,12)13;/h14-20,25-34,41,50-51H,1,21-24H2,2-13H3;. The number of benzene rings is 4. The first-order chi connectivity index (χ1) is 25.7. The van der Waals surface area contributed by atoms with Gasteiger partial charge in [-0.25, -0.2) is 0 Å². The van der Waals surface area contributed by atoms with Crippen molar-refractivity contribution < 1.29 is 26.2 Å². The number of hydrogen-bond donors (Lipinski definition) is 0. The smallest absolute Gasteiger partial charge is 0.0132 e. The van der Waals surface area contributed by atoms with Crippen LogP contribution in [0.1, 0.15) is 165 Å². The zero-order chi connectivity index (χ0) is 39.4. The van der Waals surface area contributed by atoms with E-state index in [0.717, 1.165) is 0 Å². The monoisotopic (exact) mass is 816 g/mol. The van der Waals surface area contributed by atoms with Crippen molar-refractivity contribution in [1.82, 2.24) is 0 Å². The summed E-state index contributed by atoms with van der Waals surface area (Å²) in [4.78, 5) is 0. The molecule has 2 saturated carbocycles. The number of fused-ring (bicyclic) bond motifs is 2. The second-order valence-corrected chi connectivity index (χ2v) is 21.8. The van der Waals surface area contributed by atoms with Gasteiger partial charge in [0.05, 0.1) is 0 Å². The van der Waals surface area contributed by atoms with Crippen LogP contribution in [0, 0.1) is 17.8 Å². The van der Waals surface area contributed by atoms with Gasteiger partial charge in [-0.05, 0) is 132 Å². The average Bonchev–Trinajstić information content (AvgIpc) is 4.06. The molecule has 0 aliphatic heterocycles. The van der Waals surface area contributed by atoms with Crippen LogP contribution in [-0.2, 0) is 47.9 Å². The average molecular weight is 818 g/mol. The first-order valence-electron chi connectivity index (χ1n) is 21.4. The molecule has 0 radical (unpaired) electrons. The molecule has 4 aromatic rings. The first-order valence-corrected chi connectivity index (χ1v) is 21.4. The van der Waals surface area contributed by atoms with E-state index in [1.165, 1.54) is 92.4 Å². The van der Waals surface area contributed by atoms with Crippen LogP contribution >= 0.6 is 0 Å². The van der Waals surface area contributed by atoms with Crippen LogP contribution < -0.4 is 0 Å². The van der Waals surface area contributed by atoms with Crippen LogP contribution in [0.15, 0.2) is 96.6 Å². The molecule has 56 heavy (non-hydrogen) atoms. The molecule has 4 aromatic carbocycles. The van der Waals surface area contributed by atoms with Crippen LogP contribution in [0.2, 0.25) is 0 Å². The molecule has 4 aliphatic carbocycles. The Kier molecular flexibility index (Phi) is 10.6. The molecule has 2 fully saturated rings. The maximum atomic E-state index is 4.69. The molecule has 2 unspecified atom stereocenters. The van der Waals surface area contributed by atoms with Crippen molar-refractivity contribution in [2.75, 3.05) is 0 Å². The summed E-state index contributed by atoms with van der Waals surface area (Å²) in [6, 6.07) is 29.2. The third kappa shape index (κ3) is 7.66. The summed E-state index contributed by atoms with van der Waals surface area (Å²) in [6.07, 6.45) is 12.9. The van der Waals surface area contributed by atoms with E-state index in [4.69, 9.17) is 0 Å². The first kappa shape index (κ1) is 41.2. The fourth-order valence-corrected chi connectivity index (χ4v) is 9.61. The third-order valence-corrected chi connectivity index (χ3v) is 13.4. The summed E-state index contributed by atoms with van der Waals surface area (Å²) in [7, 11) is 0. The van der Waals surface area contributed by atoms with Gasteiger partial charge in [0.2, 0.25) is 0 Å². The molecule has 2 atom stereocenters. The Morgan fingerprint density at radius 1 is 0.500 bits per heavy atom. The topological polar surface area (TPSA) is 0 Å². The molecule has 8 rings (SSSR count). The minimum Gasteiger partial charge on any atom is -0.103 e. The van der Waals surface area contributed by atoms with Gasteiger partial charge in [0.1, 0.15) is 0 Å². The summed E-state index contributed by atoms with van der Waals surface area (Å²) < 4.78 is 0.